The van der Waals surface area contributed by atoms with Gasteiger partial charge in [0.15, 0.2) is 0 Å². The molecular weight excluding hydrogens is 809 g/mol. The van der Waals surface area contributed by atoms with Gasteiger partial charge >= 0.3 is 0 Å². The Morgan fingerprint density at radius 3 is 1.53 bits per heavy atom. The van der Waals surface area contributed by atoms with Crippen molar-refractivity contribution in [1.82, 2.24) is 0 Å². The Balaban J connectivity index is 0.931. The van der Waals surface area contributed by atoms with Crippen LogP contribution in [-0.2, 0) is 9.59 Å². The van der Waals surface area contributed by atoms with Gasteiger partial charge < -0.3 is 10.2 Å². The molecule has 4 heteroatoms. The summed E-state index contributed by atoms with van der Waals surface area (Å²) in [5, 5.41) is 22.7. The van der Waals surface area contributed by atoms with Crippen LogP contribution in [0.2, 0.25) is 0 Å². The third kappa shape index (κ3) is 8.95. The molecule has 66 heavy (non-hydrogen) atoms. The summed E-state index contributed by atoms with van der Waals surface area (Å²) < 4.78 is 0. The average Bonchev–Trinajstić information content (AvgIpc) is 3.81. The molecule has 4 nitrogen and oxygen atoms in total. The van der Waals surface area contributed by atoms with Crippen molar-refractivity contribution in [1.29, 1.82) is 0 Å². The highest BCUT2D eigenvalue weighted by molar-refractivity contribution is 5.87. The molecule has 0 aromatic heterocycles. The minimum Gasteiger partial charge on any atom is -0.393 e. The molecule has 0 bridgehead atoms. The van der Waals surface area contributed by atoms with E-state index in [1.54, 1.807) is 0 Å². The topological polar surface area (TPSA) is 74.6 Å². The van der Waals surface area contributed by atoms with Crippen molar-refractivity contribution in [2.75, 3.05) is 0 Å². The number of allylic oxidation sites excluding steroid dienone is 3. The van der Waals surface area contributed by atoms with Gasteiger partial charge in [0.2, 0.25) is 0 Å². The van der Waals surface area contributed by atoms with Crippen LogP contribution in [0.4, 0.5) is 0 Å². The van der Waals surface area contributed by atoms with Crippen molar-refractivity contribution in [3.05, 3.63) is 36.0 Å². The Labute approximate surface area is 405 Å². The van der Waals surface area contributed by atoms with Crippen molar-refractivity contribution in [3.63, 3.8) is 0 Å². The van der Waals surface area contributed by atoms with E-state index in [0.717, 1.165) is 60.7 Å². The molecule has 6 saturated carbocycles. The number of fused-ring (bicyclic) bond motifs is 10. The van der Waals surface area contributed by atoms with Gasteiger partial charge in [0.05, 0.1) is 12.2 Å². The molecule has 0 saturated heterocycles. The van der Waals surface area contributed by atoms with E-state index < -0.39 is 12.2 Å². The molecule has 0 aliphatic heterocycles. The van der Waals surface area contributed by atoms with Crippen LogP contribution < -0.4 is 0 Å². The van der Waals surface area contributed by atoms with Crippen molar-refractivity contribution >= 4 is 11.6 Å². The minimum absolute atomic E-state index is 0.163. The van der Waals surface area contributed by atoms with Gasteiger partial charge in [0.1, 0.15) is 11.6 Å². The molecule has 372 valence electrons. The second kappa shape index (κ2) is 19.9. The largest absolute Gasteiger partial charge is 0.393 e. The number of aliphatic hydroxyl groups excluding tert-OH is 2. The summed E-state index contributed by atoms with van der Waals surface area (Å²) >= 11 is 0. The zero-order valence-corrected chi connectivity index (χ0v) is 44.2. The first-order chi connectivity index (χ1) is 31.3. The third-order valence-corrected chi connectivity index (χ3v) is 23.2. The van der Waals surface area contributed by atoms with E-state index in [4.69, 9.17) is 0 Å². The summed E-state index contributed by atoms with van der Waals surface area (Å²) in [5.74, 6) is 8.22. The van der Waals surface area contributed by atoms with E-state index >= 15 is 4.79 Å². The van der Waals surface area contributed by atoms with Crippen molar-refractivity contribution in [2.45, 2.75) is 229 Å². The first-order valence-electron chi connectivity index (χ1n) is 28.7. The quantitative estimate of drug-likeness (QED) is 0.134. The van der Waals surface area contributed by atoms with Crippen LogP contribution in [0.1, 0.15) is 217 Å². The first kappa shape index (κ1) is 50.9. The van der Waals surface area contributed by atoms with E-state index in [1.165, 1.54) is 101 Å². The fourth-order valence-corrected chi connectivity index (χ4v) is 19.7. The lowest BCUT2D eigenvalue weighted by Gasteiger charge is -2.60. The van der Waals surface area contributed by atoms with Crippen LogP contribution >= 0.6 is 0 Å². The monoisotopic (exact) mass is 909 g/mol. The fraction of sp³-hybridized carbons (Fsp3) is 0.871. The Bertz CT molecular complexity index is 1800. The molecule has 8 aliphatic rings. The van der Waals surface area contributed by atoms with Gasteiger partial charge in [0.25, 0.3) is 0 Å². The normalized spacial score (nSPS) is 44.2. The summed E-state index contributed by atoms with van der Waals surface area (Å²) in [6, 6.07) is 0. The maximum Gasteiger partial charge on any atom is 0.143 e. The highest BCUT2D eigenvalue weighted by atomic mass is 16.3. The number of Topliss-reactive ketones (excluding diaryl/α,β-unsaturated/α-hetero) is 2. The Hall–Kier alpha value is -1.52. The fourth-order valence-electron chi connectivity index (χ4n) is 19.7. The highest BCUT2D eigenvalue weighted by Gasteiger charge is 2.64. The van der Waals surface area contributed by atoms with E-state index in [0.29, 0.717) is 84.7 Å². The second-order valence-electron chi connectivity index (χ2n) is 27.2. The molecule has 0 heterocycles. The average molecular weight is 909 g/mol. The molecule has 0 aromatic carbocycles. The highest BCUT2D eigenvalue weighted by Crippen LogP contribution is 2.70. The number of carbonyl (C=O) groups excluding carboxylic acids is 2. The number of aliphatic hydroxyl groups is 2. The van der Waals surface area contributed by atoms with Gasteiger partial charge in [-0.1, -0.05) is 137 Å². The Kier molecular flexibility index (Phi) is 15.4. The van der Waals surface area contributed by atoms with E-state index in [-0.39, 0.29) is 34.4 Å². The van der Waals surface area contributed by atoms with Gasteiger partial charge in [0, 0.05) is 35.0 Å². The standard InChI is InChI=1S/C62H100O4/c1-12-42(58(66)56-37-46(64)35-44-23-25-48-52-29-27-50(41(7)19-14-17-39(4)5)60(52,9)33-31-54(48)62(44,56)11)20-15-21-57(65)55-36-45(63)34-43-22-24-47-51-28-26-49(40(6)18-13-16-38(2)3)59(51,8)32-30-53(47)61(43,55)10/h12,22-23,38-42,45-56,63-64H,1,13-21,24-37H2,2-11H3/t40-,41-,42?,45-,46-,47+,48+,49-,50-,51+,52+,53+,54+,55?,56?,59-,60-,61-,62-/m1/s1. The third-order valence-electron chi connectivity index (χ3n) is 23.2. The van der Waals surface area contributed by atoms with Crippen molar-refractivity contribution < 1.29 is 19.8 Å². The van der Waals surface area contributed by atoms with Crippen LogP contribution in [-0.4, -0.2) is 34.0 Å². The first-order valence-corrected chi connectivity index (χ1v) is 28.7. The molecule has 2 N–H and O–H groups in total. The van der Waals surface area contributed by atoms with Crippen LogP contribution in [0, 0.1) is 110 Å². The molecule has 0 spiro atoms. The minimum atomic E-state index is -0.482. The van der Waals surface area contributed by atoms with Crippen LogP contribution in [0.15, 0.2) is 36.0 Å². The molecule has 0 radical (unpaired) electrons. The van der Waals surface area contributed by atoms with Gasteiger partial charge in [-0.2, -0.15) is 0 Å². The van der Waals surface area contributed by atoms with E-state index in [1.807, 2.05) is 6.08 Å². The lowest BCUT2D eigenvalue weighted by atomic mass is 9.44. The number of hydrogen-bond acceptors (Lipinski definition) is 4. The Morgan fingerprint density at radius 2 is 1.08 bits per heavy atom. The summed E-state index contributed by atoms with van der Waals surface area (Å²) in [7, 11) is 0. The number of ketones is 2. The van der Waals surface area contributed by atoms with Gasteiger partial charge in [-0.3, -0.25) is 9.59 Å². The molecule has 8 aliphatic carbocycles. The molecule has 0 aromatic rings. The summed E-state index contributed by atoms with van der Waals surface area (Å²) in [6.45, 7) is 29.0. The molecule has 19 atom stereocenters. The van der Waals surface area contributed by atoms with Gasteiger partial charge in [-0.05, 0) is 185 Å². The number of rotatable bonds is 18. The van der Waals surface area contributed by atoms with Crippen LogP contribution in [0.25, 0.3) is 0 Å². The summed E-state index contributed by atoms with van der Waals surface area (Å²) in [4.78, 5) is 29.9. The molecule has 8 rings (SSSR count). The Morgan fingerprint density at radius 1 is 0.621 bits per heavy atom. The lowest BCUT2D eigenvalue weighted by Crippen LogP contribution is -2.56. The molecule has 6 fully saturated rings. The summed E-state index contributed by atoms with van der Waals surface area (Å²) in [6.07, 6.45) is 30.9. The predicted octanol–water partition coefficient (Wildman–Crippen LogP) is 15.4. The maximum absolute atomic E-state index is 15.1. The van der Waals surface area contributed by atoms with Crippen molar-refractivity contribution in [3.8, 4) is 0 Å². The van der Waals surface area contributed by atoms with Crippen LogP contribution in [0.5, 0.6) is 0 Å². The zero-order chi connectivity index (χ0) is 47.5. The predicted molar refractivity (Wildman–Crippen MR) is 273 cm³/mol. The van der Waals surface area contributed by atoms with E-state index in [9.17, 15) is 15.0 Å². The van der Waals surface area contributed by atoms with Crippen molar-refractivity contribution in [2.24, 2.45) is 110 Å². The molecular formula is C62H100O4. The summed E-state index contributed by atoms with van der Waals surface area (Å²) in [5.41, 5.74) is 3.07. The number of hydrogen-bond donors (Lipinski definition) is 2. The second-order valence-corrected chi connectivity index (χ2v) is 27.2. The number of carbonyl (C=O) groups is 2. The van der Waals surface area contributed by atoms with Gasteiger partial charge in [-0.25, -0.2) is 0 Å². The van der Waals surface area contributed by atoms with Crippen LogP contribution in [0.3, 0.4) is 0 Å². The molecule has 3 unspecified atom stereocenters. The smallest absolute Gasteiger partial charge is 0.143 e. The van der Waals surface area contributed by atoms with Gasteiger partial charge in [-0.15, -0.1) is 6.58 Å². The lowest BCUT2D eigenvalue weighted by molar-refractivity contribution is -0.140. The maximum atomic E-state index is 15.1. The van der Waals surface area contributed by atoms with E-state index in [2.05, 4.69) is 88.0 Å². The molecule has 0 amide bonds. The SMILES string of the molecule is C=CC(CCCC(=O)C1C[C@H](O)CC2=CC[C@H]3[C@@H]4CC[C@H]([C@H](C)CCCC(C)C)[C@@]4(C)CC[C@@H]3[C@@]21C)C(=O)C1C[C@H](O)CC2=CC[C@H]3[C@@H]4CC[C@H]([C@H](C)CCCC(C)C)[C@@]4(C)CC[C@@H]3[C@@]21C. The zero-order valence-electron chi connectivity index (χ0n) is 44.2.